The fraction of sp³-hybridized carbons (Fsp3) is 0.286. The Balaban J connectivity index is 2.08. The number of amides is 2. The number of rotatable bonds is 4. The van der Waals surface area contributed by atoms with Crippen molar-refractivity contribution in [3.63, 3.8) is 0 Å². The van der Waals surface area contributed by atoms with Gasteiger partial charge in [0.1, 0.15) is 0 Å². The molecule has 0 aliphatic heterocycles. The SMILES string of the molecule is CC(C)(CO)NC(=O)Nc1cnn(-c2ccccc2Cl)c1. The maximum atomic E-state index is 11.8. The molecule has 0 unspecified atom stereocenters. The third-order valence-corrected chi connectivity index (χ3v) is 3.11. The summed E-state index contributed by atoms with van der Waals surface area (Å²) in [6.45, 7) is 3.29. The zero-order valence-corrected chi connectivity index (χ0v) is 12.6. The van der Waals surface area contributed by atoms with E-state index in [1.807, 2.05) is 18.2 Å². The highest BCUT2D eigenvalue weighted by atomic mass is 35.5. The molecule has 0 aliphatic carbocycles. The van der Waals surface area contributed by atoms with Crippen LogP contribution in [0.3, 0.4) is 0 Å². The molecule has 1 aromatic heterocycles. The van der Waals surface area contributed by atoms with Crippen LogP contribution in [0.15, 0.2) is 36.7 Å². The van der Waals surface area contributed by atoms with Gasteiger partial charge in [0.15, 0.2) is 0 Å². The van der Waals surface area contributed by atoms with Gasteiger partial charge in [0.2, 0.25) is 0 Å². The first-order valence-corrected chi connectivity index (χ1v) is 6.79. The second-order valence-electron chi connectivity index (χ2n) is 5.25. The van der Waals surface area contributed by atoms with E-state index in [1.54, 1.807) is 30.8 Å². The molecule has 0 saturated carbocycles. The molecule has 112 valence electrons. The number of hydrogen-bond donors (Lipinski definition) is 3. The number of para-hydroxylation sites is 1. The van der Waals surface area contributed by atoms with Gasteiger partial charge in [0.05, 0.1) is 40.9 Å². The summed E-state index contributed by atoms with van der Waals surface area (Å²) in [5, 5.41) is 19.1. The molecule has 2 aromatic rings. The first kappa shape index (κ1) is 15.3. The summed E-state index contributed by atoms with van der Waals surface area (Å²) in [7, 11) is 0. The zero-order chi connectivity index (χ0) is 15.5. The van der Waals surface area contributed by atoms with Crippen molar-refractivity contribution in [1.29, 1.82) is 0 Å². The average molecular weight is 309 g/mol. The molecule has 1 aromatic carbocycles. The number of carbonyl (C=O) groups excluding carboxylic acids is 1. The molecule has 0 radical (unpaired) electrons. The lowest BCUT2D eigenvalue weighted by atomic mass is 10.1. The molecule has 6 nitrogen and oxygen atoms in total. The van der Waals surface area contributed by atoms with Gasteiger partial charge in [-0.1, -0.05) is 23.7 Å². The number of carbonyl (C=O) groups is 1. The van der Waals surface area contributed by atoms with Crippen LogP contribution in [0, 0.1) is 0 Å². The zero-order valence-electron chi connectivity index (χ0n) is 11.8. The fourth-order valence-electron chi connectivity index (χ4n) is 1.67. The molecule has 0 bridgehead atoms. The highest BCUT2D eigenvalue weighted by Crippen LogP contribution is 2.20. The minimum Gasteiger partial charge on any atom is -0.394 e. The summed E-state index contributed by atoms with van der Waals surface area (Å²) >= 11 is 6.09. The predicted octanol–water partition coefficient (Wildman–Crippen LogP) is 2.42. The molecule has 3 N–H and O–H groups in total. The maximum absolute atomic E-state index is 11.8. The van der Waals surface area contributed by atoms with Crippen LogP contribution in [-0.2, 0) is 0 Å². The van der Waals surface area contributed by atoms with E-state index >= 15 is 0 Å². The molecule has 2 rings (SSSR count). The summed E-state index contributed by atoms with van der Waals surface area (Å²) in [4.78, 5) is 11.8. The van der Waals surface area contributed by atoms with Gasteiger partial charge in [-0.25, -0.2) is 9.48 Å². The van der Waals surface area contributed by atoms with Gasteiger partial charge in [0, 0.05) is 0 Å². The van der Waals surface area contributed by atoms with E-state index < -0.39 is 11.6 Å². The number of urea groups is 1. The van der Waals surface area contributed by atoms with E-state index in [4.69, 9.17) is 16.7 Å². The van der Waals surface area contributed by atoms with Crippen molar-refractivity contribution in [1.82, 2.24) is 15.1 Å². The van der Waals surface area contributed by atoms with Crippen molar-refractivity contribution < 1.29 is 9.90 Å². The summed E-state index contributed by atoms with van der Waals surface area (Å²) < 4.78 is 1.58. The van der Waals surface area contributed by atoms with Crippen molar-refractivity contribution >= 4 is 23.3 Å². The smallest absolute Gasteiger partial charge is 0.319 e. The van der Waals surface area contributed by atoms with Gasteiger partial charge < -0.3 is 15.7 Å². The lowest BCUT2D eigenvalue weighted by Crippen LogP contribution is -2.48. The van der Waals surface area contributed by atoms with Crippen molar-refractivity contribution in [2.75, 3.05) is 11.9 Å². The fourth-order valence-corrected chi connectivity index (χ4v) is 1.89. The second-order valence-corrected chi connectivity index (χ2v) is 5.65. The van der Waals surface area contributed by atoms with Gasteiger partial charge in [-0.2, -0.15) is 5.10 Å². The summed E-state index contributed by atoms with van der Waals surface area (Å²) in [6, 6.07) is 6.87. The second kappa shape index (κ2) is 6.15. The minimum atomic E-state index is -0.692. The Bertz CT molecular complexity index is 639. The summed E-state index contributed by atoms with van der Waals surface area (Å²) in [5.41, 5.74) is 0.562. The molecule has 0 saturated heterocycles. The molecule has 0 fully saturated rings. The minimum absolute atomic E-state index is 0.153. The van der Waals surface area contributed by atoms with Gasteiger partial charge in [-0.05, 0) is 26.0 Å². The van der Waals surface area contributed by atoms with Crippen molar-refractivity contribution in [2.45, 2.75) is 19.4 Å². The molecule has 0 atom stereocenters. The van der Waals surface area contributed by atoms with Crippen LogP contribution < -0.4 is 10.6 Å². The molecule has 0 aliphatic rings. The number of aromatic nitrogens is 2. The topological polar surface area (TPSA) is 79.2 Å². The van der Waals surface area contributed by atoms with Crippen LogP contribution in [0.2, 0.25) is 5.02 Å². The molecule has 7 heteroatoms. The first-order valence-electron chi connectivity index (χ1n) is 6.41. The molecule has 1 heterocycles. The van der Waals surface area contributed by atoms with E-state index in [0.29, 0.717) is 10.7 Å². The van der Waals surface area contributed by atoms with Gasteiger partial charge in [-0.15, -0.1) is 0 Å². The Morgan fingerprint density at radius 2 is 2.14 bits per heavy atom. The van der Waals surface area contributed by atoms with Crippen LogP contribution in [0.4, 0.5) is 10.5 Å². The third kappa shape index (κ3) is 3.96. The third-order valence-electron chi connectivity index (χ3n) is 2.79. The van der Waals surface area contributed by atoms with E-state index in [2.05, 4.69) is 15.7 Å². The number of anilines is 1. The van der Waals surface area contributed by atoms with Crippen LogP contribution in [0.1, 0.15) is 13.8 Å². The Morgan fingerprint density at radius 3 is 2.81 bits per heavy atom. The Hall–Kier alpha value is -2.05. The monoisotopic (exact) mass is 308 g/mol. The Labute approximate surface area is 127 Å². The average Bonchev–Trinajstić information content (AvgIpc) is 2.86. The largest absolute Gasteiger partial charge is 0.394 e. The molecular formula is C14H17ClN4O2. The lowest BCUT2D eigenvalue weighted by molar-refractivity contribution is 0.187. The van der Waals surface area contributed by atoms with Crippen LogP contribution in [0.5, 0.6) is 0 Å². The van der Waals surface area contributed by atoms with Crippen molar-refractivity contribution in [3.05, 3.63) is 41.7 Å². The Morgan fingerprint density at radius 1 is 1.43 bits per heavy atom. The number of nitrogens with one attached hydrogen (secondary N) is 2. The molecule has 2 amide bonds. The number of halogens is 1. The predicted molar refractivity (Wildman–Crippen MR) is 81.9 cm³/mol. The van der Waals surface area contributed by atoms with Crippen LogP contribution in [-0.4, -0.2) is 33.1 Å². The quantitative estimate of drug-likeness (QED) is 0.811. The maximum Gasteiger partial charge on any atom is 0.319 e. The van der Waals surface area contributed by atoms with Crippen molar-refractivity contribution in [3.8, 4) is 5.69 Å². The summed E-state index contributed by atoms with van der Waals surface area (Å²) in [6.07, 6.45) is 3.18. The van der Waals surface area contributed by atoms with Gasteiger partial charge >= 0.3 is 6.03 Å². The number of hydrogen-bond acceptors (Lipinski definition) is 3. The Kier molecular flexibility index (Phi) is 4.50. The normalized spacial score (nSPS) is 11.2. The van der Waals surface area contributed by atoms with Gasteiger partial charge in [-0.3, -0.25) is 0 Å². The van der Waals surface area contributed by atoms with Gasteiger partial charge in [0.25, 0.3) is 0 Å². The van der Waals surface area contributed by atoms with Crippen LogP contribution in [0.25, 0.3) is 5.69 Å². The number of benzene rings is 1. The molecular weight excluding hydrogens is 292 g/mol. The molecule has 21 heavy (non-hydrogen) atoms. The standard InChI is InChI=1S/C14H17ClN4O2/c1-14(2,9-20)18-13(21)17-10-7-16-19(8-10)12-6-4-3-5-11(12)15/h3-8,20H,9H2,1-2H3,(H2,17,18,21). The number of nitrogens with zero attached hydrogens (tertiary/aromatic N) is 2. The number of aliphatic hydroxyl groups is 1. The van der Waals surface area contributed by atoms with Crippen LogP contribution >= 0.6 is 11.6 Å². The highest BCUT2D eigenvalue weighted by Gasteiger charge is 2.19. The number of aliphatic hydroxyl groups excluding tert-OH is 1. The molecule has 0 spiro atoms. The highest BCUT2D eigenvalue weighted by molar-refractivity contribution is 6.32. The van der Waals surface area contributed by atoms with Crippen molar-refractivity contribution in [2.24, 2.45) is 0 Å². The lowest BCUT2D eigenvalue weighted by Gasteiger charge is -2.23. The summed E-state index contributed by atoms with van der Waals surface area (Å²) in [5.74, 6) is 0. The van der Waals surface area contributed by atoms with E-state index in [1.165, 1.54) is 6.20 Å². The van der Waals surface area contributed by atoms with E-state index in [-0.39, 0.29) is 6.61 Å². The van der Waals surface area contributed by atoms with E-state index in [0.717, 1.165) is 5.69 Å². The first-order chi connectivity index (χ1) is 9.91. The van der Waals surface area contributed by atoms with E-state index in [9.17, 15) is 4.79 Å².